The van der Waals surface area contributed by atoms with Crippen LogP contribution in [0.2, 0.25) is 0 Å². The second-order valence-electron chi connectivity index (χ2n) is 5.45. The van der Waals surface area contributed by atoms with E-state index in [4.69, 9.17) is 0 Å². The summed E-state index contributed by atoms with van der Waals surface area (Å²) in [6, 6.07) is 30.7. The van der Waals surface area contributed by atoms with E-state index < -0.39 is 0 Å². The normalized spacial score (nSPS) is 10.9. The second kappa shape index (κ2) is 5.53. The van der Waals surface area contributed by atoms with Crippen LogP contribution in [0.3, 0.4) is 0 Å². The maximum absolute atomic E-state index is 3.34. The first-order valence-corrected chi connectivity index (χ1v) is 7.51. The number of rotatable bonds is 3. The quantitative estimate of drug-likeness (QED) is 0.489. The van der Waals surface area contributed by atoms with E-state index in [0.717, 1.165) is 12.1 Å². The number of para-hydroxylation sites is 1. The summed E-state index contributed by atoms with van der Waals surface area (Å²) in [6.07, 6.45) is 2.24. The number of hydrogen-bond donors (Lipinski definition) is 0. The predicted molar refractivity (Wildman–Crippen MR) is 91.8 cm³/mol. The summed E-state index contributed by atoms with van der Waals surface area (Å²) in [4.78, 5) is 0. The Morgan fingerprint density at radius 3 is 2.36 bits per heavy atom. The molecule has 1 aromatic heterocycles. The third kappa shape index (κ3) is 2.31. The Balaban J connectivity index is 1.86. The highest BCUT2D eigenvalue weighted by Gasteiger charge is 2.09. The van der Waals surface area contributed by atoms with Gasteiger partial charge in [-0.25, -0.2) is 0 Å². The molecule has 1 nitrogen and oxygen atoms in total. The van der Waals surface area contributed by atoms with Gasteiger partial charge >= 0.3 is 0 Å². The smallest absolute Gasteiger partial charge is 0.0489 e. The van der Waals surface area contributed by atoms with Crippen LogP contribution in [0.4, 0.5) is 0 Å². The molecule has 3 aromatic carbocycles. The zero-order valence-electron chi connectivity index (χ0n) is 12.2. The van der Waals surface area contributed by atoms with Gasteiger partial charge in [0.05, 0.1) is 0 Å². The van der Waals surface area contributed by atoms with Crippen molar-refractivity contribution in [1.29, 1.82) is 0 Å². The van der Waals surface area contributed by atoms with Gasteiger partial charge in [0.25, 0.3) is 0 Å². The lowest BCUT2D eigenvalue weighted by Crippen LogP contribution is -1.97. The van der Waals surface area contributed by atoms with Crippen molar-refractivity contribution in [2.75, 3.05) is 0 Å². The Kier molecular flexibility index (Phi) is 3.24. The topological polar surface area (TPSA) is 4.93 Å². The van der Waals surface area contributed by atoms with E-state index in [1.165, 1.54) is 22.0 Å². The van der Waals surface area contributed by atoms with E-state index in [1.807, 2.05) is 12.1 Å². The Morgan fingerprint density at radius 1 is 0.773 bits per heavy atom. The highest BCUT2D eigenvalue weighted by molar-refractivity contribution is 5.96. The monoisotopic (exact) mass is 282 g/mol. The summed E-state index contributed by atoms with van der Waals surface area (Å²) >= 11 is 0. The summed E-state index contributed by atoms with van der Waals surface area (Å²) in [6.45, 7) is 0.883. The number of aromatic nitrogens is 1. The standard InChI is InChI=1S/C21H16N/c1-3-9-17(10-4-1)15-22-16-20(18-11-5-2-6-12-18)19-13-7-8-14-21(19)22/h1-11,13-14,16H,15H2. The van der Waals surface area contributed by atoms with Crippen LogP contribution >= 0.6 is 0 Å². The summed E-state index contributed by atoms with van der Waals surface area (Å²) in [5.41, 5.74) is 4.96. The van der Waals surface area contributed by atoms with Gasteiger partial charge in [0.15, 0.2) is 0 Å². The van der Waals surface area contributed by atoms with E-state index in [-0.39, 0.29) is 0 Å². The van der Waals surface area contributed by atoms with Crippen molar-refractivity contribution < 1.29 is 0 Å². The number of fused-ring (bicyclic) bond motifs is 1. The van der Waals surface area contributed by atoms with Crippen molar-refractivity contribution in [2.24, 2.45) is 0 Å². The lowest BCUT2D eigenvalue weighted by Gasteiger charge is -2.05. The van der Waals surface area contributed by atoms with E-state index in [1.54, 1.807) is 0 Å². The highest BCUT2D eigenvalue weighted by Crippen LogP contribution is 2.30. The molecule has 0 saturated carbocycles. The summed E-state index contributed by atoms with van der Waals surface area (Å²) < 4.78 is 2.32. The van der Waals surface area contributed by atoms with Gasteiger partial charge in [-0.1, -0.05) is 72.8 Å². The fourth-order valence-electron chi connectivity index (χ4n) is 2.93. The molecule has 4 rings (SSSR count). The fourth-order valence-corrected chi connectivity index (χ4v) is 2.93. The largest absolute Gasteiger partial charge is 0.342 e. The van der Waals surface area contributed by atoms with Crippen LogP contribution in [-0.4, -0.2) is 4.57 Å². The molecule has 0 saturated heterocycles. The average molecular weight is 282 g/mol. The molecule has 4 aromatic rings. The summed E-state index contributed by atoms with van der Waals surface area (Å²) in [5, 5.41) is 1.28. The molecule has 0 N–H and O–H groups in total. The Labute approximate surface area is 130 Å². The van der Waals surface area contributed by atoms with E-state index in [2.05, 4.69) is 83.6 Å². The fraction of sp³-hybridized carbons (Fsp3) is 0.0476. The summed E-state index contributed by atoms with van der Waals surface area (Å²) in [5.74, 6) is 0. The van der Waals surface area contributed by atoms with Crippen molar-refractivity contribution in [3.63, 3.8) is 0 Å². The molecule has 0 aliphatic carbocycles. The molecule has 0 atom stereocenters. The van der Waals surface area contributed by atoms with Gasteiger partial charge < -0.3 is 4.57 Å². The van der Waals surface area contributed by atoms with Gasteiger partial charge in [-0.05, 0) is 23.3 Å². The van der Waals surface area contributed by atoms with Crippen LogP contribution in [0.15, 0.2) is 85.1 Å². The van der Waals surface area contributed by atoms with Gasteiger partial charge in [0.2, 0.25) is 0 Å². The molecule has 0 unspecified atom stereocenters. The van der Waals surface area contributed by atoms with Crippen molar-refractivity contribution >= 4 is 10.9 Å². The first kappa shape index (κ1) is 12.9. The first-order valence-electron chi connectivity index (χ1n) is 7.51. The molecule has 22 heavy (non-hydrogen) atoms. The van der Waals surface area contributed by atoms with Crippen molar-refractivity contribution in [1.82, 2.24) is 4.57 Å². The van der Waals surface area contributed by atoms with Gasteiger partial charge in [0, 0.05) is 29.2 Å². The average Bonchev–Trinajstić information content (AvgIpc) is 2.96. The van der Waals surface area contributed by atoms with Crippen LogP contribution in [0.25, 0.3) is 22.0 Å². The maximum Gasteiger partial charge on any atom is 0.0489 e. The van der Waals surface area contributed by atoms with Gasteiger partial charge in [-0.3, -0.25) is 0 Å². The second-order valence-corrected chi connectivity index (χ2v) is 5.45. The Morgan fingerprint density at radius 2 is 1.55 bits per heavy atom. The third-order valence-electron chi connectivity index (χ3n) is 3.98. The molecule has 0 spiro atoms. The first-order chi connectivity index (χ1) is 10.9. The lowest BCUT2D eigenvalue weighted by molar-refractivity contribution is 0.837. The third-order valence-corrected chi connectivity index (χ3v) is 3.98. The van der Waals surface area contributed by atoms with Gasteiger partial charge in [-0.2, -0.15) is 0 Å². The van der Waals surface area contributed by atoms with Crippen molar-refractivity contribution in [2.45, 2.75) is 6.54 Å². The van der Waals surface area contributed by atoms with Crippen molar-refractivity contribution in [3.05, 3.63) is 96.7 Å². The molecule has 1 heteroatoms. The molecular weight excluding hydrogens is 266 g/mol. The molecule has 1 radical (unpaired) electrons. The van der Waals surface area contributed by atoms with Gasteiger partial charge in [0.1, 0.15) is 0 Å². The molecule has 0 bridgehead atoms. The minimum atomic E-state index is 0.883. The predicted octanol–water partition coefficient (Wildman–Crippen LogP) is 5.16. The van der Waals surface area contributed by atoms with Gasteiger partial charge in [-0.15, -0.1) is 0 Å². The maximum atomic E-state index is 3.34. The van der Waals surface area contributed by atoms with E-state index in [9.17, 15) is 0 Å². The molecule has 0 aliphatic rings. The zero-order valence-corrected chi connectivity index (χ0v) is 12.2. The Hall–Kier alpha value is -2.80. The number of benzene rings is 3. The number of hydrogen-bond acceptors (Lipinski definition) is 0. The molecule has 1 heterocycles. The zero-order chi connectivity index (χ0) is 14.8. The van der Waals surface area contributed by atoms with E-state index >= 15 is 0 Å². The SMILES string of the molecule is [c]1ccccc1-c1cn(Cc2ccccc2)c2ccccc12. The molecular formula is C21H16N. The highest BCUT2D eigenvalue weighted by atomic mass is 15.0. The van der Waals surface area contributed by atoms with Crippen molar-refractivity contribution in [3.8, 4) is 11.1 Å². The summed E-state index contributed by atoms with van der Waals surface area (Å²) in [7, 11) is 0. The Bertz CT molecular complexity index is 889. The minimum Gasteiger partial charge on any atom is -0.342 e. The van der Waals surface area contributed by atoms with Crippen LogP contribution in [0, 0.1) is 6.07 Å². The number of nitrogens with zero attached hydrogens (tertiary/aromatic N) is 1. The molecule has 0 aliphatic heterocycles. The molecule has 0 fully saturated rings. The molecule has 105 valence electrons. The van der Waals surface area contributed by atoms with Crippen LogP contribution in [-0.2, 0) is 6.54 Å². The van der Waals surface area contributed by atoms with Crippen LogP contribution < -0.4 is 0 Å². The molecule has 0 amide bonds. The van der Waals surface area contributed by atoms with Crippen LogP contribution in [0.1, 0.15) is 5.56 Å². The van der Waals surface area contributed by atoms with Crippen LogP contribution in [0.5, 0.6) is 0 Å². The minimum absolute atomic E-state index is 0.883. The van der Waals surface area contributed by atoms with E-state index in [0.29, 0.717) is 0 Å². The lowest BCUT2D eigenvalue weighted by atomic mass is 10.1.